The predicted octanol–water partition coefficient (Wildman–Crippen LogP) is 1.49. The van der Waals surface area contributed by atoms with Crippen LogP contribution in [0.5, 0.6) is 0 Å². The van der Waals surface area contributed by atoms with Gasteiger partial charge in [-0.25, -0.2) is 4.98 Å². The van der Waals surface area contributed by atoms with Crippen LogP contribution in [-0.4, -0.2) is 21.3 Å². The molecule has 0 fully saturated rings. The molecule has 0 unspecified atom stereocenters. The Morgan fingerprint density at radius 1 is 1.38 bits per heavy atom. The van der Waals surface area contributed by atoms with Crippen molar-refractivity contribution in [3.8, 4) is 0 Å². The number of para-hydroxylation sites is 2. The minimum Gasteiger partial charge on any atom is -0.330 e. The zero-order valence-electron chi connectivity index (χ0n) is 7.18. The fourth-order valence-electron chi connectivity index (χ4n) is 1.19. The van der Waals surface area contributed by atoms with Crippen molar-refractivity contribution in [1.29, 1.82) is 0 Å². The van der Waals surface area contributed by atoms with Gasteiger partial charge in [0, 0.05) is 12.3 Å². The number of hydrogen-bond donors (Lipinski definition) is 1. The molecule has 0 atom stereocenters. The Morgan fingerprint density at radius 3 is 3.08 bits per heavy atom. The molecular weight excluding hydrogens is 182 g/mol. The quantitative estimate of drug-likeness (QED) is 0.803. The summed E-state index contributed by atoms with van der Waals surface area (Å²) in [6, 6.07) is 8.08. The number of rotatable bonds is 3. The van der Waals surface area contributed by atoms with Crippen LogP contribution in [-0.2, 0) is 0 Å². The zero-order chi connectivity index (χ0) is 9.10. The van der Waals surface area contributed by atoms with Gasteiger partial charge in [0.2, 0.25) is 0 Å². The SMILES string of the molecule is NCCSn1cnc2ccccc21. The van der Waals surface area contributed by atoms with E-state index in [-0.39, 0.29) is 0 Å². The number of benzene rings is 1. The molecule has 0 aliphatic carbocycles. The van der Waals surface area contributed by atoms with Gasteiger partial charge in [-0.3, -0.25) is 3.97 Å². The highest BCUT2D eigenvalue weighted by Gasteiger charge is 1.99. The molecule has 3 nitrogen and oxygen atoms in total. The molecule has 1 aromatic heterocycles. The Bertz CT molecular complexity index is 396. The Hall–Kier alpha value is -1.00. The first-order valence-corrected chi connectivity index (χ1v) is 5.11. The lowest BCUT2D eigenvalue weighted by molar-refractivity contribution is 1.14. The molecule has 0 aliphatic rings. The van der Waals surface area contributed by atoms with Gasteiger partial charge in [0.05, 0.1) is 11.0 Å². The molecule has 0 saturated heterocycles. The molecule has 2 aromatic rings. The molecule has 4 heteroatoms. The van der Waals surface area contributed by atoms with Crippen molar-refractivity contribution in [2.24, 2.45) is 5.73 Å². The van der Waals surface area contributed by atoms with Gasteiger partial charge < -0.3 is 5.73 Å². The van der Waals surface area contributed by atoms with Crippen LogP contribution in [0, 0.1) is 0 Å². The van der Waals surface area contributed by atoms with E-state index in [4.69, 9.17) is 5.73 Å². The predicted molar refractivity (Wildman–Crippen MR) is 56.6 cm³/mol. The summed E-state index contributed by atoms with van der Waals surface area (Å²) in [6.07, 6.45) is 1.84. The van der Waals surface area contributed by atoms with E-state index in [2.05, 4.69) is 15.0 Å². The molecule has 68 valence electrons. The number of fused-ring (bicyclic) bond motifs is 1. The van der Waals surface area contributed by atoms with Crippen molar-refractivity contribution >= 4 is 23.0 Å². The third-order valence-electron chi connectivity index (χ3n) is 1.77. The van der Waals surface area contributed by atoms with E-state index in [1.165, 1.54) is 0 Å². The van der Waals surface area contributed by atoms with Crippen molar-refractivity contribution in [3.63, 3.8) is 0 Å². The van der Waals surface area contributed by atoms with E-state index < -0.39 is 0 Å². The number of hydrogen-bond acceptors (Lipinski definition) is 3. The van der Waals surface area contributed by atoms with Gasteiger partial charge in [-0.15, -0.1) is 0 Å². The highest BCUT2D eigenvalue weighted by Crippen LogP contribution is 2.17. The molecule has 0 aliphatic heterocycles. The first-order valence-electron chi connectivity index (χ1n) is 4.17. The lowest BCUT2D eigenvalue weighted by Gasteiger charge is -1.99. The van der Waals surface area contributed by atoms with Crippen LogP contribution >= 0.6 is 11.9 Å². The highest BCUT2D eigenvalue weighted by atomic mass is 32.2. The maximum Gasteiger partial charge on any atom is 0.106 e. The standard InChI is InChI=1S/C9H11N3S/c10-5-6-13-12-7-11-8-3-1-2-4-9(8)12/h1-4,7H,5-6,10H2. The van der Waals surface area contributed by atoms with Gasteiger partial charge in [0.25, 0.3) is 0 Å². The minimum atomic E-state index is 0.692. The fourth-order valence-corrected chi connectivity index (χ4v) is 1.90. The number of aromatic nitrogens is 2. The normalized spacial score (nSPS) is 10.8. The molecular formula is C9H11N3S. The summed E-state index contributed by atoms with van der Waals surface area (Å²) in [5.41, 5.74) is 7.62. The van der Waals surface area contributed by atoms with E-state index >= 15 is 0 Å². The monoisotopic (exact) mass is 193 g/mol. The largest absolute Gasteiger partial charge is 0.330 e. The summed E-state index contributed by atoms with van der Waals surface area (Å²) in [4.78, 5) is 4.27. The summed E-state index contributed by atoms with van der Waals surface area (Å²) in [5.74, 6) is 0.917. The van der Waals surface area contributed by atoms with E-state index in [0.29, 0.717) is 6.54 Å². The molecule has 1 heterocycles. The lowest BCUT2D eigenvalue weighted by atomic mass is 10.3. The summed E-state index contributed by atoms with van der Waals surface area (Å²) < 4.78 is 2.06. The molecule has 0 amide bonds. The molecule has 2 rings (SSSR count). The van der Waals surface area contributed by atoms with Crippen molar-refractivity contribution in [3.05, 3.63) is 30.6 Å². The second-order valence-electron chi connectivity index (χ2n) is 2.68. The lowest BCUT2D eigenvalue weighted by Crippen LogP contribution is -2.02. The maximum absolute atomic E-state index is 5.43. The molecule has 13 heavy (non-hydrogen) atoms. The van der Waals surface area contributed by atoms with Crippen LogP contribution in [0.4, 0.5) is 0 Å². The van der Waals surface area contributed by atoms with Crippen LogP contribution in [0.3, 0.4) is 0 Å². The Balaban J connectivity index is 2.35. The summed E-state index contributed by atoms with van der Waals surface area (Å²) in [6.45, 7) is 0.692. The Morgan fingerprint density at radius 2 is 2.23 bits per heavy atom. The first kappa shape index (κ1) is 8.59. The Labute approximate surface area is 81.1 Å². The van der Waals surface area contributed by atoms with Crippen LogP contribution < -0.4 is 5.73 Å². The van der Waals surface area contributed by atoms with Crippen molar-refractivity contribution < 1.29 is 0 Å². The van der Waals surface area contributed by atoms with Gasteiger partial charge in [-0.05, 0) is 24.1 Å². The topological polar surface area (TPSA) is 43.8 Å². The first-order chi connectivity index (χ1) is 6.42. The Kier molecular flexibility index (Phi) is 2.52. The molecule has 0 radical (unpaired) electrons. The summed E-state index contributed by atoms with van der Waals surface area (Å²) >= 11 is 1.69. The van der Waals surface area contributed by atoms with E-state index in [1.807, 2.05) is 24.5 Å². The highest BCUT2D eigenvalue weighted by molar-refractivity contribution is 7.98. The minimum absolute atomic E-state index is 0.692. The third-order valence-corrected chi connectivity index (χ3v) is 2.76. The van der Waals surface area contributed by atoms with Gasteiger partial charge in [-0.2, -0.15) is 0 Å². The van der Waals surface area contributed by atoms with Crippen LogP contribution in [0.2, 0.25) is 0 Å². The molecule has 1 aromatic carbocycles. The molecule has 2 N–H and O–H groups in total. The fraction of sp³-hybridized carbons (Fsp3) is 0.222. The van der Waals surface area contributed by atoms with Crippen LogP contribution in [0.1, 0.15) is 0 Å². The van der Waals surface area contributed by atoms with Crippen LogP contribution in [0.15, 0.2) is 30.6 Å². The smallest absolute Gasteiger partial charge is 0.106 e. The second-order valence-corrected chi connectivity index (χ2v) is 3.74. The zero-order valence-corrected chi connectivity index (χ0v) is 8.00. The van der Waals surface area contributed by atoms with Gasteiger partial charge >= 0.3 is 0 Å². The average molecular weight is 193 g/mol. The summed E-state index contributed by atoms with van der Waals surface area (Å²) in [5, 5.41) is 0. The van der Waals surface area contributed by atoms with Crippen molar-refractivity contribution in [2.45, 2.75) is 0 Å². The number of nitrogens with zero attached hydrogens (tertiary/aromatic N) is 2. The van der Waals surface area contributed by atoms with Crippen molar-refractivity contribution in [1.82, 2.24) is 8.96 Å². The van der Waals surface area contributed by atoms with E-state index in [0.717, 1.165) is 16.8 Å². The number of imidazole rings is 1. The van der Waals surface area contributed by atoms with Gasteiger partial charge in [0.15, 0.2) is 0 Å². The molecule has 0 spiro atoms. The number of nitrogens with two attached hydrogens (primary N) is 1. The maximum atomic E-state index is 5.43. The summed E-state index contributed by atoms with van der Waals surface area (Å²) in [7, 11) is 0. The second kappa shape index (κ2) is 3.81. The molecule has 0 bridgehead atoms. The van der Waals surface area contributed by atoms with Crippen molar-refractivity contribution in [2.75, 3.05) is 12.3 Å². The molecule has 0 saturated carbocycles. The van der Waals surface area contributed by atoms with Crippen LogP contribution in [0.25, 0.3) is 11.0 Å². The van der Waals surface area contributed by atoms with E-state index in [9.17, 15) is 0 Å². The van der Waals surface area contributed by atoms with E-state index in [1.54, 1.807) is 11.9 Å². The van der Waals surface area contributed by atoms with Gasteiger partial charge in [0.1, 0.15) is 6.33 Å². The van der Waals surface area contributed by atoms with Gasteiger partial charge in [-0.1, -0.05) is 12.1 Å². The third kappa shape index (κ3) is 1.68. The average Bonchev–Trinajstić information content (AvgIpc) is 2.58.